The van der Waals surface area contributed by atoms with Crippen molar-refractivity contribution in [1.82, 2.24) is 9.80 Å². The second-order valence-corrected chi connectivity index (χ2v) is 10.1. The predicted molar refractivity (Wildman–Crippen MR) is 138 cm³/mol. The van der Waals surface area contributed by atoms with Gasteiger partial charge in [-0.2, -0.15) is 0 Å². The number of rotatable bonds is 9. The number of para-hydroxylation sites is 2. The summed E-state index contributed by atoms with van der Waals surface area (Å²) in [5.74, 6) is -0.422. The number of methoxy groups -OCH3 is 1. The first kappa shape index (κ1) is 27.3. The van der Waals surface area contributed by atoms with Crippen molar-refractivity contribution >= 4 is 6.03 Å². The van der Waals surface area contributed by atoms with E-state index in [9.17, 15) is 15.0 Å². The maximum Gasteiger partial charge on any atom is 0.320 e. The number of likely N-dealkylation sites (tertiary alicyclic amines) is 2. The molecular formula is C28H38FN3O5. The average Bonchev–Trinajstić information content (AvgIpc) is 3.25. The Balaban J connectivity index is 1.63. The van der Waals surface area contributed by atoms with Gasteiger partial charge in [0, 0.05) is 57.4 Å². The summed E-state index contributed by atoms with van der Waals surface area (Å²) in [7, 11) is 1.64. The minimum atomic E-state index is -1.43. The molecule has 0 bridgehead atoms. The van der Waals surface area contributed by atoms with Crippen LogP contribution >= 0.6 is 0 Å². The van der Waals surface area contributed by atoms with E-state index in [-0.39, 0.29) is 24.2 Å². The number of β-amino-alcohol motifs (C(OH)–C–C–N with tert-alkyl or cyclic N) is 1. The largest absolute Gasteiger partial charge is 0.454 e. The van der Waals surface area contributed by atoms with Gasteiger partial charge in [-0.1, -0.05) is 30.3 Å². The van der Waals surface area contributed by atoms with Crippen molar-refractivity contribution in [2.45, 2.75) is 49.9 Å². The van der Waals surface area contributed by atoms with E-state index in [0.29, 0.717) is 63.2 Å². The second-order valence-electron chi connectivity index (χ2n) is 10.1. The van der Waals surface area contributed by atoms with Crippen LogP contribution in [0.25, 0.3) is 0 Å². The van der Waals surface area contributed by atoms with Crippen LogP contribution in [0.5, 0.6) is 11.5 Å². The third-order valence-electron chi connectivity index (χ3n) is 7.52. The summed E-state index contributed by atoms with van der Waals surface area (Å²) < 4.78 is 26.4. The quantitative estimate of drug-likeness (QED) is 0.442. The van der Waals surface area contributed by atoms with Gasteiger partial charge in [-0.3, -0.25) is 0 Å². The zero-order chi connectivity index (χ0) is 26.4. The van der Waals surface area contributed by atoms with Crippen molar-refractivity contribution in [3.8, 4) is 11.5 Å². The molecule has 202 valence electrons. The molecule has 1 unspecified atom stereocenters. The summed E-state index contributed by atoms with van der Waals surface area (Å²) in [4.78, 5) is 16.6. The van der Waals surface area contributed by atoms with Crippen molar-refractivity contribution in [3.63, 3.8) is 0 Å². The lowest BCUT2D eigenvalue weighted by Gasteiger charge is -2.44. The molecule has 2 aliphatic rings. The number of hydrogen-bond donors (Lipinski definition) is 3. The first-order chi connectivity index (χ1) is 17.8. The van der Waals surface area contributed by atoms with Crippen LogP contribution < -0.4 is 10.5 Å². The van der Waals surface area contributed by atoms with E-state index in [1.807, 2.05) is 6.07 Å². The van der Waals surface area contributed by atoms with Gasteiger partial charge in [-0.25, -0.2) is 9.18 Å². The molecule has 4 atom stereocenters. The highest BCUT2D eigenvalue weighted by molar-refractivity contribution is 5.75. The molecule has 2 aliphatic heterocycles. The molecular weight excluding hydrogens is 477 g/mol. The number of nitrogens with two attached hydrogens (primary N) is 1. The van der Waals surface area contributed by atoms with Gasteiger partial charge in [0.2, 0.25) is 0 Å². The molecule has 2 heterocycles. The number of ether oxygens (including phenoxy) is 2. The third kappa shape index (κ3) is 6.23. The Hall–Kier alpha value is -2.72. The lowest BCUT2D eigenvalue weighted by Crippen LogP contribution is -2.52. The minimum absolute atomic E-state index is 0.0000281. The molecule has 4 rings (SSSR count). The number of benzene rings is 2. The fourth-order valence-corrected chi connectivity index (χ4v) is 5.47. The van der Waals surface area contributed by atoms with Crippen molar-refractivity contribution < 1.29 is 28.9 Å². The Morgan fingerprint density at radius 3 is 2.59 bits per heavy atom. The number of unbranched alkanes of at least 4 members (excludes halogenated alkanes) is 1. The van der Waals surface area contributed by atoms with E-state index in [2.05, 4.69) is 0 Å². The first-order valence-corrected chi connectivity index (χ1v) is 13.0. The number of carbonyl (C=O) groups is 1. The third-order valence-corrected chi connectivity index (χ3v) is 7.52. The predicted octanol–water partition coefficient (Wildman–Crippen LogP) is 3.46. The summed E-state index contributed by atoms with van der Waals surface area (Å²) in [5.41, 5.74) is 4.87. The van der Waals surface area contributed by atoms with E-state index >= 15 is 4.39 Å². The molecule has 0 saturated carbocycles. The first-order valence-electron chi connectivity index (χ1n) is 13.0. The standard InChI is InChI=1S/C28H38FN3O5/c1-36-16-6-5-14-28(35,22-12-7-13-23(29)26(22)37-21-10-3-2-4-11-21)20-9-8-15-31(17-20)27(34)32-18-24(30)25(33)19-32/h2-4,7,10-13,20,24-25,33,35H,5-6,8-9,14-19,30H2,1H3/t20?,24-,25+,28+/m1/s1. The molecule has 0 spiro atoms. The number of amides is 2. The van der Waals surface area contributed by atoms with Gasteiger partial charge in [0.1, 0.15) is 5.75 Å². The molecule has 0 radical (unpaired) electrons. The summed E-state index contributed by atoms with van der Waals surface area (Å²) in [6, 6.07) is 12.9. The van der Waals surface area contributed by atoms with Gasteiger partial charge in [0.05, 0.1) is 11.7 Å². The molecule has 0 aromatic heterocycles. The van der Waals surface area contributed by atoms with Crippen LogP contribution in [0.15, 0.2) is 48.5 Å². The van der Waals surface area contributed by atoms with Crippen LogP contribution in [0, 0.1) is 11.7 Å². The van der Waals surface area contributed by atoms with Crippen LogP contribution in [0.2, 0.25) is 0 Å². The fourth-order valence-electron chi connectivity index (χ4n) is 5.47. The Morgan fingerprint density at radius 2 is 1.89 bits per heavy atom. The number of urea groups is 1. The van der Waals surface area contributed by atoms with Gasteiger partial charge >= 0.3 is 6.03 Å². The number of halogens is 1. The summed E-state index contributed by atoms with van der Waals surface area (Å²) in [5, 5.41) is 22.4. The number of aliphatic hydroxyl groups is 2. The average molecular weight is 516 g/mol. The van der Waals surface area contributed by atoms with Crippen molar-refractivity contribution in [3.05, 3.63) is 59.9 Å². The van der Waals surface area contributed by atoms with Crippen molar-refractivity contribution in [2.75, 3.05) is 39.9 Å². The molecule has 2 fully saturated rings. The Kier molecular flexibility index (Phi) is 9.02. The highest BCUT2D eigenvalue weighted by Crippen LogP contribution is 2.45. The number of nitrogens with zero attached hydrogens (tertiary/aromatic N) is 2. The van der Waals surface area contributed by atoms with Gasteiger partial charge in [0.25, 0.3) is 0 Å². The van der Waals surface area contributed by atoms with Gasteiger partial charge in [-0.15, -0.1) is 0 Å². The molecule has 9 heteroatoms. The molecule has 37 heavy (non-hydrogen) atoms. The topological polar surface area (TPSA) is 108 Å². The second kappa shape index (κ2) is 12.2. The summed E-state index contributed by atoms with van der Waals surface area (Å²) >= 11 is 0. The Labute approximate surface area is 217 Å². The number of aliphatic hydroxyl groups excluding tert-OH is 1. The molecule has 2 aromatic carbocycles. The van der Waals surface area contributed by atoms with Gasteiger partial charge in [-0.05, 0) is 50.3 Å². The van der Waals surface area contributed by atoms with Crippen molar-refractivity contribution in [2.24, 2.45) is 11.7 Å². The highest BCUT2D eigenvalue weighted by Gasteiger charge is 2.44. The van der Waals surface area contributed by atoms with Crippen molar-refractivity contribution in [1.29, 1.82) is 0 Å². The molecule has 8 nitrogen and oxygen atoms in total. The number of piperidine rings is 1. The number of carbonyl (C=O) groups excluding carboxylic acids is 1. The Morgan fingerprint density at radius 1 is 1.11 bits per heavy atom. The normalized spacial score (nSPS) is 23.6. The molecule has 2 amide bonds. The lowest BCUT2D eigenvalue weighted by molar-refractivity contribution is -0.0590. The van der Waals surface area contributed by atoms with E-state index in [4.69, 9.17) is 15.2 Å². The monoisotopic (exact) mass is 515 g/mol. The van der Waals surface area contributed by atoms with E-state index in [1.165, 1.54) is 6.07 Å². The SMILES string of the molecule is COCCCC[C@@](O)(c1cccc(F)c1Oc1ccccc1)C1CCCN(C(=O)N2C[C@@H](N)[C@@H](O)C2)C1. The van der Waals surface area contributed by atoms with Crippen LogP contribution in [-0.2, 0) is 10.3 Å². The van der Waals surface area contributed by atoms with E-state index in [1.54, 1.807) is 53.3 Å². The molecule has 4 N–H and O–H groups in total. The smallest absolute Gasteiger partial charge is 0.320 e. The van der Waals surface area contributed by atoms with Crippen LogP contribution in [0.4, 0.5) is 9.18 Å². The maximum atomic E-state index is 15.2. The fraction of sp³-hybridized carbons (Fsp3) is 0.536. The Bertz CT molecular complexity index is 1030. The van der Waals surface area contributed by atoms with Gasteiger partial charge in [0.15, 0.2) is 11.6 Å². The van der Waals surface area contributed by atoms with Crippen LogP contribution in [0.1, 0.15) is 37.7 Å². The van der Waals surface area contributed by atoms with E-state index in [0.717, 1.165) is 6.42 Å². The maximum absolute atomic E-state index is 15.2. The lowest BCUT2D eigenvalue weighted by atomic mass is 9.73. The van der Waals surface area contributed by atoms with Gasteiger partial charge < -0.3 is 35.2 Å². The highest BCUT2D eigenvalue weighted by atomic mass is 19.1. The number of hydrogen-bond acceptors (Lipinski definition) is 6. The molecule has 0 aliphatic carbocycles. The van der Waals surface area contributed by atoms with E-state index < -0.39 is 23.6 Å². The van der Waals surface area contributed by atoms with Crippen LogP contribution in [0.3, 0.4) is 0 Å². The molecule has 2 saturated heterocycles. The van der Waals surface area contributed by atoms with Crippen LogP contribution in [-0.4, -0.2) is 78.1 Å². The zero-order valence-electron chi connectivity index (χ0n) is 21.4. The molecule has 2 aromatic rings. The minimum Gasteiger partial charge on any atom is -0.454 e. The zero-order valence-corrected chi connectivity index (χ0v) is 21.4. The summed E-state index contributed by atoms with van der Waals surface area (Å²) in [6.07, 6.45) is 2.39. The summed E-state index contributed by atoms with van der Waals surface area (Å²) in [6.45, 7) is 1.90.